The van der Waals surface area contributed by atoms with E-state index in [0.717, 1.165) is 10.6 Å². The summed E-state index contributed by atoms with van der Waals surface area (Å²) in [6, 6.07) is 7.29. The van der Waals surface area contributed by atoms with Crippen LogP contribution in [0.1, 0.15) is 25.2 Å². The minimum atomic E-state index is -5.18. The van der Waals surface area contributed by atoms with Gasteiger partial charge in [-0.2, -0.15) is 19.8 Å². The van der Waals surface area contributed by atoms with Gasteiger partial charge in [0.1, 0.15) is 17.8 Å². The Balaban J connectivity index is 2.66. The van der Waals surface area contributed by atoms with E-state index in [0.29, 0.717) is 18.8 Å². The summed E-state index contributed by atoms with van der Waals surface area (Å²) >= 11 is -3.43. The number of imidazole rings is 1. The minimum absolute atomic E-state index is 0.0954. The predicted molar refractivity (Wildman–Crippen MR) is 106 cm³/mol. The van der Waals surface area contributed by atoms with E-state index in [4.69, 9.17) is 10.5 Å². The lowest BCUT2D eigenvalue weighted by atomic mass is 10.2. The minimum Gasteiger partial charge on any atom is -0.372 e. The lowest BCUT2D eigenvalue weighted by Crippen LogP contribution is -2.39. The topological polar surface area (TPSA) is 134 Å². The molecule has 0 spiro atoms. The molecule has 1 unspecified atom stereocenters. The fourth-order valence-electron chi connectivity index (χ4n) is 2.73. The molecule has 1 aromatic heterocycles. The first-order chi connectivity index (χ1) is 14.6. The molecule has 1 N–H and O–H groups in total. The molecule has 0 aliphatic rings. The van der Waals surface area contributed by atoms with E-state index in [-0.39, 0.29) is 23.0 Å². The highest BCUT2D eigenvalue weighted by molar-refractivity contribution is 7.80. The van der Waals surface area contributed by atoms with Crippen LogP contribution in [-0.2, 0) is 18.3 Å². The van der Waals surface area contributed by atoms with Gasteiger partial charge in [-0.1, -0.05) is 0 Å². The van der Waals surface area contributed by atoms with Crippen molar-refractivity contribution in [3.05, 3.63) is 29.6 Å². The monoisotopic (exact) mass is 454 g/mol. The number of nitrogens with zero attached hydrogens (tertiary/aromatic N) is 8. The van der Waals surface area contributed by atoms with Crippen molar-refractivity contribution in [3.63, 3.8) is 0 Å². The maximum Gasteiger partial charge on any atom is 0.498 e. The van der Waals surface area contributed by atoms with Gasteiger partial charge in [0.05, 0.1) is 5.69 Å². The lowest BCUT2D eigenvalue weighted by Gasteiger charge is -2.26. The number of hydrogen-bond acceptors (Lipinski definition) is 7. The van der Waals surface area contributed by atoms with E-state index in [1.807, 2.05) is 13.8 Å². The van der Waals surface area contributed by atoms with Crippen LogP contribution in [0.2, 0.25) is 0 Å². The average Bonchev–Trinajstić information content (AvgIpc) is 3.01. The van der Waals surface area contributed by atoms with Crippen molar-refractivity contribution < 1.29 is 21.9 Å². The number of anilines is 2. The van der Waals surface area contributed by atoms with Crippen LogP contribution in [-0.4, -0.2) is 37.7 Å². The summed E-state index contributed by atoms with van der Waals surface area (Å²) in [5.74, 6) is -0.199. The predicted octanol–water partition coefficient (Wildman–Crippen LogP) is 3.89. The molecule has 0 aliphatic carbocycles. The zero-order valence-electron chi connectivity index (χ0n) is 16.6. The number of hydrogen-bond donors (Lipinski definition) is 1. The molecule has 1 atom stereocenters. The summed E-state index contributed by atoms with van der Waals surface area (Å²) in [4.78, 5) is 5.56. The summed E-state index contributed by atoms with van der Waals surface area (Å²) in [5.41, 5.74) is -0.993. The van der Waals surface area contributed by atoms with Gasteiger partial charge in [0, 0.05) is 25.8 Å². The summed E-state index contributed by atoms with van der Waals surface area (Å²) in [6.45, 7) is 4.60. The molecule has 0 saturated heterocycles. The Kier molecular flexibility index (Phi) is 7.32. The van der Waals surface area contributed by atoms with Crippen molar-refractivity contribution in [3.8, 4) is 12.1 Å². The molecule has 0 fully saturated rings. The van der Waals surface area contributed by atoms with E-state index in [1.54, 1.807) is 17.0 Å². The molecule has 0 saturated carbocycles. The third-order valence-corrected chi connectivity index (χ3v) is 4.94. The Morgan fingerprint density at radius 1 is 1.23 bits per heavy atom. The number of alkyl halides is 3. The first-order valence-corrected chi connectivity index (χ1v) is 9.80. The maximum atomic E-state index is 13.5. The molecular weight excluding hydrogens is 437 g/mol. The quantitative estimate of drug-likeness (QED) is 0.383. The summed E-state index contributed by atoms with van der Waals surface area (Å²) < 4.78 is 61.8. The molecule has 0 amide bonds. The number of rotatable bonds is 7. The second kappa shape index (κ2) is 9.55. The number of nitriles is 2. The van der Waals surface area contributed by atoms with E-state index >= 15 is 0 Å². The summed E-state index contributed by atoms with van der Waals surface area (Å²) in [6.07, 6.45) is -5.18. The van der Waals surface area contributed by atoms with Crippen molar-refractivity contribution in [2.75, 3.05) is 22.3 Å². The van der Waals surface area contributed by atoms with Crippen LogP contribution < -0.4 is 9.21 Å². The summed E-state index contributed by atoms with van der Waals surface area (Å²) in [5, 5.41) is 25.6. The van der Waals surface area contributed by atoms with Gasteiger partial charge < -0.3 is 9.47 Å². The van der Waals surface area contributed by atoms with E-state index < -0.39 is 27.6 Å². The molecule has 31 heavy (non-hydrogen) atoms. The average molecular weight is 454 g/mol. The molecule has 0 bridgehead atoms. The molecule has 14 heteroatoms. The van der Waals surface area contributed by atoms with Crippen LogP contribution in [0.4, 0.5) is 36.2 Å². The molecular formula is C17H17F3N8O2S. The van der Waals surface area contributed by atoms with Gasteiger partial charge in [-0.3, -0.25) is 4.55 Å². The Morgan fingerprint density at radius 2 is 1.87 bits per heavy atom. The highest BCUT2D eigenvalue weighted by Gasteiger charge is 2.43. The zero-order valence-corrected chi connectivity index (χ0v) is 17.4. The fourth-order valence-corrected chi connectivity index (χ4v) is 3.23. The second-order valence-corrected chi connectivity index (χ2v) is 6.76. The first-order valence-electron chi connectivity index (χ1n) is 8.74. The van der Waals surface area contributed by atoms with Crippen LogP contribution in [0.15, 0.2) is 28.4 Å². The third kappa shape index (κ3) is 4.99. The Hall–Kier alpha value is -3.49. The Morgan fingerprint density at radius 3 is 2.32 bits per heavy atom. The highest BCUT2D eigenvalue weighted by Crippen LogP contribution is 2.40. The van der Waals surface area contributed by atoms with Crippen molar-refractivity contribution in [2.45, 2.75) is 20.1 Å². The van der Waals surface area contributed by atoms with Gasteiger partial charge in [-0.25, -0.2) is 4.21 Å². The molecule has 1 heterocycles. The van der Waals surface area contributed by atoms with Crippen LogP contribution in [0.3, 0.4) is 0 Å². The van der Waals surface area contributed by atoms with Crippen LogP contribution in [0, 0.1) is 22.7 Å². The lowest BCUT2D eigenvalue weighted by molar-refractivity contribution is -0.115. The van der Waals surface area contributed by atoms with Gasteiger partial charge in [0.2, 0.25) is 0 Å². The van der Waals surface area contributed by atoms with Crippen molar-refractivity contribution in [1.29, 1.82) is 10.5 Å². The molecule has 0 radical (unpaired) electrons. The summed E-state index contributed by atoms with van der Waals surface area (Å²) in [7, 11) is 1.38. The number of aromatic nitrogens is 2. The van der Waals surface area contributed by atoms with Crippen LogP contribution in [0.5, 0.6) is 0 Å². The first kappa shape index (κ1) is 23.8. The normalized spacial score (nSPS) is 12.4. The molecule has 1 aromatic carbocycles. The van der Waals surface area contributed by atoms with Gasteiger partial charge >= 0.3 is 6.30 Å². The van der Waals surface area contributed by atoms with Crippen molar-refractivity contribution in [2.24, 2.45) is 17.3 Å². The molecule has 0 aliphatic heterocycles. The van der Waals surface area contributed by atoms with E-state index in [1.165, 1.54) is 19.2 Å². The zero-order chi connectivity index (χ0) is 23.3. The van der Waals surface area contributed by atoms with Crippen LogP contribution >= 0.6 is 0 Å². The fraction of sp³-hybridized carbons (Fsp3) is 0.353. The van der Waals surface area contributed by atoms with Crippen molar-refractivity contribution >= 4 is 34.3 Å². The number of benzene rings is 1. The van der Waals surface area contributed by atoms with E-state index in [9.17, 15) is 21.9 Å². The number of azo groups is 1. The standard InChI is InChI=1S/C17H17F3N8O2S/c1-4-27(5-2)11-6-7-12(14(8-11)28(31(29)30)17(18,19)20)24-25-16-23-13(9-21)15(10-22)26(16)3/h6-8H,4-5H2,1-3H3,(H,29,30). The Bertz CT molecular complexity index is 1100. The van der Waals surface area contributed by atoms with Crippen LogP contribution in [0.25, 0.3) is 0 Å². The molecule has 2 rings (SSSR count). The third-order valence-electron chi connectivity index (χ3n) is 4.22. The van der Waals surface area contributed by atoms with Gasteiger partial charge in [-0.05, 0) is 32.0 Å². The molecule has 164 valence electrons. The Labute approximate surface area is 178 Å². The molecule has 10 nitrogen and oxygen atoms in total. The second-order valence-electron chi connectivity index (χ2n) is 5.93. The van der Waals surface area contributed by atoms with Gasteiger partial charge in [0.25, 0.3) is 17.2 Å². The van der Waals surface area contributed by atoms with Gasteiger partial charge in [-0.15, -0.1) is 23.4 Å². The molecule has 2 aromatic rings. The van der Waals surface area contributed by atoms with E-state index in [2.05, 4.69) is 15.2 Å². The highest BCUT2D eigenvalue weighted by atomic mass is 32.2. The smallest absolute Gasteiger partial charge is 0.372 e. The number of halogens is 3. The SMILES string of the molecule is CCN(CC)c1ccc(N=Nc2nc(C#N)c(C#N)n2C)c(N(S(=O)O)C(F)(F)F)c1. The van der Waals surface area contributed by atoms with Crippen molar-refractivity contribution in [1.82, 2.24) is 9.55 Å². The van der Waals surface area contributed by atoms with Gasteiger partial charge in [0.15, 0.2) is 11.4 Å². The maximum absolute atomic E-state index is 13.5. The largest absolute Gasteiger partial charge is 0.498 e.